The molecule has 0 saturated carbocycles. The lowest BCUT2D eigenvalue weighted by Gasteiger charge is -2.02. The molecule has 1 rings (SSSR count). The Bertz CT molecular complexity index is 233. The van der Waals surface area contributed by atoms with Crippen molar-refractivity contribution in [3.05, 3.63) is 24.0 Å². The summed E-state index contributed by atoms with van der Waals surface area (Å²) in [5.74, 6) is 0. The zero-order valence-electron chi connectivity index (χ0n) is 8.07. The van der Waals surface area contributed by atoms with Gasteiger partial charge in [-0.3, -0.25) is 0 Å². The molecule has 0 aromatic carbocycles. The van der Waals surface area contributed by atoms with Crippen molar-refractivity contribution in [3.8, 4) is 0 Å². The van der Waals surface area contributed by atoms with Crippen LogP contribution < -0.4 is 0 Å². The number of rotatable bonds is 6. The molecule has 0 saturated heterocycles. The minimum Gasteiger partial charge on any atom is -0.392 e. The van der Waals surface area contributed by atoms with E-state index in [1.165, 1.54) is 0 Å². The maximum atomic E-state index is 8.82. The number of ether oxygens (including phenoxy) is 1. The highest BCUT2D eigenvalue weighted by atomic mass is 16.5. The first kappa shape index (κ1) is 10.3. The van der Waals surface area contributed by atoms with Crippen molar-refractivity contribution < 1.29 is 9.84 Å². The van der Waals surface area contributed by atoms with Gasteiger partial charge in [0.25, 0.3) is 0 Å². The van der Waals surface area contributed by atoms with Gasteiger partial charge in [-0.25, -0.2) is 0 Å². The second-order valence-corrected chi connectivity index (χ2v) is 2.97. The summed E-state index contributed by atoms with van der Waals surface area (Å²) in [7, 11) is 0. The Kier molecular flexibility index (Phi) is 4.57. The number of hydrogen-bond acceptors (Lipinski definition) is 2. The molecule has 1 N–H and O–H groups in total. The zero-order valence-corrected chi connectivity index (χ0v) is 8.07. The molecule has 0 radical (unpaired) electrons. The molecule has 0 aliphatic carbocycles. The molecule has 0 unspecified atom stereocenters. The molecule has 0 amide bonds. The van der Waals surface area contributed by atoms with Gasteiger partial charge in [-0.1, -0.05) is 0 Å². The van der Waals surface area contributed by atoms with E-state index in [-0.39, 0.29) is 6.61 Å². The van der Waals surface area contributed by atoms with Crippen molar-refractivity contribution in [2.75, 3.05) is 13.2 Å². The third-order valence-corrected chi connectivity index (χ3v) is 1.90. The molecule has 74 valence electrons. The monoisotopic (exact) mass is 183 g/mol. The zero-order chi connectivity index (χ0) is 9.52. The lowest BCUT2D eigenvalue weighted by atomic mass is 10.4. The van der Waals surface area contributed by atoms with E-state index >= 15 is 0 Å². The van der Waals surface area contributed by atoms with Crippen LogP contribution in [0.3, 0.4) is 0 Å². The van der Waals surface area contributed by atoms with E-state index in [0.29, 0.717) is 0 Å². The van der Waals surface area contributed by atoms with Gasteiger partial charge in [0.15, 0.2) is 0 Å². The Labute approximate surface area is 78.9 Å². The molecule has 0 atom stereocenters. The third kappa shape index (κ3) is 3.61. The largest absolute Gasteiger partial charge is 0.392 e. The van der Waals surface area contributed by atoms with E-state index in [1.807, 2.05) is 25.4 Å². The molecule has 1 aromatic heterocycles. The van der Waals surface area contributed by atoms with Gasteiger partial charge in [0.2, 0.25) is 0 Å². The summed E-state index contributed by atoms with van der Waals surface area (Å²) in [5.41, 5.74) is 0.969. The second-order valence-electron chi connectivity index (χ2n) is 2.97. The van der Waals surface area contributed by atoms with E-state index in [2.05, 4.69) is 4.57 Å². The van der Waals surface area contributed by atoms with Gasteiger partial charge < -0.3 is 14.4 Å². The molecule has 0 bridgehead atoms. The molecule has 1 aromatic rings. The fourth-order valence-electron chi connectivity index (χ4n) is 1.22. The summed E-state index contributed by atoms with van der Waals surface area (Å²) in [4.78, 5) is 0. The third-order valence-electron chi connectivity index (χ3n) is 1.90. The standard InChI is InChI=1S/C10H17NO2/c1-2-13-7-3-5-11-6-4-10(8-11)9-12/h4,6,8,12H,2-3,5,7,9H2,1H3. The molecule has 0 aliphatic heterocycles. The molecule has 0 fully saturated rings. The number of aliphatic hydroxyl groups is 1. The normalized spacial score (nSPS) is 10.6. The van der Waals surface area contributed by atoms with Crippen molar-refractivity contribution in [1.82, 2.24) is 4.57 Å². The van der Waals surface area contributed by atoms with Crippen LogP contribution in [0.25, 0.3) is 0 Å². The number of hydrogen-bond donors (Lipinski definition) is 1. The Morgan fingerprint density at radius 2 is 2.38 bits per heavy atom. The smallest absolute Gasteiger partial charge is 0.0696 e. The number of aromatic nitrogens is 1. The van der Waals surface area contributed by atoms with Crippen LogP contribution in [0, 0.1) is 0 Å². The van der Waals surface area contributed by atoms with Gasteiger partial charge in [-0.05, 0) is 25.0 Å². The highest BCUT2D eigenvalue weighted by molar-refractivity contribution is 5.08. The summed E-state index contributed by atoms with van der Waals surface area (Å²) in [6.45, 7) is 4.68. The predicted molar refractivity (Wildman–Crippen MR) is 51.5 cm³/mol. The van der Waals surface area contributed by atoms with Crippen LogP contribution in [0.4, 0.5) is 0 Å². The lowest BCUT2D eigenvalue weighted by molar-refractivity contribution is 0.141. The molecular weight excluding hydrogens is 166 g/mol. The summed E-state index contributed by atoms with van der Waals surface area (Å²) in [6, 6.07) is 1.93. The van der Waals surface area contributed by atoms with Gasteiger partial charge in [0.05, 0.1) is 6.61 Å². The van der Waals surface area contributed by atoms with E-state index < -0.39 is 0 Å². The first-order chi connectivity index (χ1) is 6.36. The predicted octanol–water partition coefficient (Wildman–Crippen LogP) is 1.41. The Morgan fingerprint density at radius 3 is 3.00 bits per heavy atom. The first-order valence-corrected chi connectivity index (χ1v) is 4.70. The Morgan fingerprint density at radius 1 is 1.54 bits per heavy atom. The van der Waals surface area contributed by atoms with Crippen LogP contribution in [0.5, 0.6) is 0 Å². The number of nitrogens with zero attached hydrogens (tertiary/aromatic N) is 1. The van der Waals surface area contributed by atoms with Gasteiger partial charge in [0, 0.05) is 32.2 Å². The average molecular weight is 183 g/mol. The van der Waals surface area contributed by atoms with Crippen LogP contribution >= 0.6 is 0 Å². The molecule has 3 nitrogen and oxygen atoms in total. The van der Waals surface area contributed by atoms with Crippen molar-refractivity contribution >= 4 is 0 Å². The highest BCUT2D eigenvalue weighted by Gasteiger charge is 1.94. The Balaban J connectivity index is 2.20. The number of aryl methyl sites for hydroxylation is 1. The van der Waals surface area contributed by atoms with Crippen LogP contribution in [0.15, 0.2) is 18.5 Å². The molecular formula is C10H17NO2. The highest BCUT2D eigenvalue weighted by Crippen LogP contribution is 2.01. The van der Waals surface area contributed by atoms with E-state index in [1.54, 1.807) is 0 Å². The molecule has 0 spiro atoms. The van der Waals surface area contributed by atoms with Gasteiger partial charge >= 0.3 is 0 Å². The summed E-state index contributed by atoms with van der Waals surface area (Å²) >= 11 is 0. The minimum absolute atomic E-state index is 0.123. The second kappa shape index (κ2) is 5.78. The molecule has 1 heterocycles. The van der Waals surface area contributed by atoms with E-state index in [9.17, 15) is 0 Å². The quantitative estimate of drug-likeness (QED) is 0.677. The fraction of sp³-hybridized carbons (Fsp3) is 0.600. The van der Waals surface area contributed by atoms with Crippen molar-refractivity contribution in [2.24, 2.45) is 0 Å². The first-order valence-electron chi connectivity index (χ1n) is 4.70. The van der Waals surface area contributed by atoms with Crippen LogP contribution in [-0.2, 0) is 17.9 Å². The van der Waals surface area contributed by atoms with Crippen molar-refractivity contribution in [3.63, 3.8) is 0 Å². The molecule has 3 heteroatoms. The van der Waals surface area contributed by atoms with E-state index in [4.69, 9.17) is 9.84 Å². The lowest BCUT2D eigenvalue weighted by Crippen LogP contribution is -2.00. The van der Waals surface area contributed by atoms with Crippen LogP contribution in [-0.4, -0.2) is 22.9 Å². The maximum Gasteiger partial charge on any atom is 0.0696 e. The van der Waals surface area contributed by atoms with Crippen molar-refractivity contribution in [2.45, 2.75) is 26.5 Å². The van der Waals surface area contributed by atoms with Gasteiger partial charge in [-0.2, -0.15) is 0 Å². The van der Waals surface area contributed by atoms with Gasteiger partial charge in [-0.15, -0.1) is 0 Å². The molecule has 13 heavy (non-hydrogen) atoms. The minimum atomic E-state index is 0.123. The molecule has 0 aliphatic rings. The SMILES string of the molecule is CCOCCCn1ccc(CO)c1. The summed E-state index contributed by atoms with van der Waals surface area (Å²) in [5, 5.41) is 8.82. The van der Waals surface area contributed by atoms with Crippen LogP contribution in [0.2, 0.25) is 0 Å². The Hall–Kier alpha value is -0.800. The summed E-state index contributed by atoms with van der Waals surface area (Å²) in [6.07, 6.45) is 4.97. The topological polar surface area (TPSA) is 34.4 Å². The summed E-state index contributed by atoms with van der Waals surface area (Å²) < 4.78 is 7.30. The number of aliphatic hydroxyl groups excluding tert-OH is 1. The van der Waals surface area contributed by atoms with Gasteiger partial charge in [0.1, 0.15) is 0 Å². The maximum absolute atomic E-state index is 8.82. The van der Waals surface area contributed by atoms with Crippen molar-refractivity contribution in [1.29, 1.82) is 0 Å². The van der Waals surface area contributed by atoms with E-state index in [0.717, 1.165) is 31.7 Å². The fourth-order valence-corrected chi connectivity index (χ4v) is 1.22. The van der Waals surface area contributed by atoms with Crippen LogP contribution in [0.1, 0.15) is 18.9 Å². The average Bonchev–Trinajstić information content (AvgIpc) is 2.60.